The van der Waals surface area contributed by atoms with Crippen LogP contribution in [0.15, 0.2) is 47.3 Å². The first kappa shape index (κ1) is 21.9. The van der Waals surface area contributed by atoms with Gasteiger partial charge in [-0.15, -0.1) is 11.3 Å². The number of H-pyrrole nitrogens is 1. The van der Waals surface area contributed by atoms with Gasteiger partial charge in [0.1, 0.15) is 22.5 Å². The van der Waals surface area contributed by atoms with E-state index < -0.39 is 10.7 Å². The van der Waals surface area contributed by atoms with E-state index in [1.54, 1.807) is 0 Å². The van der Waals surface area contributed by atoms with E-state index in [1.807, 2.05) is 19.9 Å². The predicted molar refractivity (Wildman–Crippen MR) is 123 cm³/mol. The van der Waals surface area contributed by atoms with Crippen molar-refractivity contribution in [2.75, 3.05) is 0 Å². The zero-order chi connectivity index (χ0) is 23.7. The standard InChI is InChI=1S/C23H15FN4O4S/c1-12-13(2)33-23-20(12)22(29)26-21(27-23)15(11-25)9-14-3-8-19(18(10-14)28(30)31)32-17-6-4-16(24)5-7-17/h3-10H,1-2H3,(H,26,27,29). The van der Waals surface area contributed by atoms with Crippen LogP contribution >= 0.6 is 11.3 Å². The Morgan fingerprint density at radius 2 is 2.00 bits per heavy atom. The van der Waals surface area contributed by atoms with Gasteiger partial charge in [0.25, 0.3) is 5.56 Å². The number of halogens is 1. The number of nitro benzene ring substituents is 1. The number of thiophene rings is 1. The van der Waals surface area contributed by atoms with Crippen molar-refractivity contribution in [3.8, 4) is 17.6 Å². The monoisotopic (exact) mass is 462 g/mol. The summed E-state index contributed by atoms with van der Waals surface area (Å²) in [5, 5.41) is 21.7. The summed E-state index contributed by atoms with van der Waals surface area (Å²) < 4.78 is 18.6. The molecule has 1 N–H and O–H groups in total. The number of fused-ring (bicyclic) bond motifs is 1. The second-order valence-electron chi connectivity index (χ2n) is 7.09. The SMILES string of the molecule is Cc1sc2nc(C(C#N)=Cc3ccc(Oc4ccc(F)cc4)c([N+](=O)[O-])c3)[nH]c(=O)c2c1C. The molecule has 0 atom stereocenters. The van der Waals surface area contributed by atoms with Gasteiger partial charge in [0.05, 0.1) is 15.9 Å². The lowest BCUT2D eigenvalue weighted by atomic mass is 10.1. The van der Waals surface area contributed by atoms with Crippen LogP contribution in [0.1, 0.15) is 21.8 Å². The molecule has 0 unspecified atom stereocenters. The average Bonchev–Trinajstić information content (AvgIpc) is 3.08. The van der Waals surface area contributed by atoms with Crippen LogP contribution in [0.5, 0.6) is 11.5 Å². The molecule has 8 nitrogen and oxygen atoms in total. The molecule has 0 aliphatic rings. The fourth-order valence-electron chi connectivity index (χ4n) is 3.19. The van der Waals surface area contributed by atoms with Gasteiger partial charge in [-0.2, -0.15) is 5.26 Å². The van der Waals surface area contributed by atoms with Gasteiger partial charge in [-0.05, 0) is 61.4 Å². The minimum atomic E-state index is -0.619. The number of nitrogens with one attached hydrogen (secondary N) is 1. The van der Waals surface area contributed by atoms with Crippen LogP contribution in [0.25, 0.3) is 21.9 Å². The minimum absolute atomic E-state index is 0.0409. The zero-order valence-corrected chi connectivity index (χ0v) is 18.2. The molecule has 2 heterocycles. The Bertz CT molecular complexity index is 1530. The largest absolute Gasteiger partial charge is 0.450 e. The van der Waals surface area contributed by atoms with Crippen molar-refractivity contribution >= 4 is 38.9 Å². The third kappa shape index (κ3) is 4.35. The highest BCUT2D eigenvalue weighted by atomic mass is 32.1. The second kappa shape index (κ2) is 8.64. The van der Waals surface area contributed by atoms with Gasteiger partial charge < -0.3 is 9.72 Å². The summed E-state index contributed by atoms with van der Waals surface area (Å²) in [6, 6.07) is 11.2. The Labute approximate surface area is 190 Å². The number of hydrogen-bond acceptors (Lipinski definition) is 7. The third-order valence-electron chi connectivity index (χ3n) is 4.95. The van der Waals surface area contributed by atoms with Crippen molar-refractivity contribution in [2.24, 2.45) is 0 Å². The molecule has 0 spiro atoms. The van der Waals surface area contributed by atoms with Crippen LogP contribution in [-0.4, -0.2) is 14.9 Å². The molecule has 33 heavy (non-hydrogen) atoms. The Morgan fingerprint density at radius 3 is 2.67 bits per heavy atom. The molecule has 0 aliphatic heterocycles. The van der Waals surface area contributed by atoms with Crippen molar-refractivity contribution in [1.82, 2.24) is 9.97 Å². The van der Waals surface area contributed by atoms with E-state index in [0.717, 1.165) is 10.4 Å². The molecule has 0 saturated heterocycles. The van der Waals surface area contributed by atoms with Gasteiger partial charge in [0, 0.05) is 10.9 Å². The lowest BCUT2D eigenvalue weighted by Gasteiger charge is -2.07. The second-order valence-corrected chi connectivity index (χ2v) is 8.29. The van der Waals surface area contributed by atoms with Gasteiger partial charge in [0.2, 0.25) is 5.75 Å². The normalized spacial score (nSPS) is 11.4. The molecule has 2 aromatic heterocycles. The molecule has 0 amide bonds. The first-order valence-corrected chi connectivity index (χ1v) is 10.4. The van der Waals surface area contributed by atoms with Crippen molar-refractivity contribution < 1.29 is 14.1 Å². The van der Waals surface area contributed by atoms with Crippen LogP contribution in [0.2, 0.25) is 0 Å². The smallest absolute Gasteiger partial charge is 0.312 e. The van der Waals surface area contributed by atoms with Gasteiger partial charge in [-0.25, -0.2) is 9.37 Å². The van der Waals surface area contributed by atoms with E-state index in [1.165, 1.54) is 59.9 Å². The number of aromatic nitrogens is 2. The molecular weight excluding hydrogens is 447 g/mol. The third-order valence-corrected chi connectivity index (χ3v) is 6.05. The quantitative estimate of drug-likeness (QED) is 0.237. The first-order chi connectivity index (χ1) is 15.8. The molecule has 0 saturated carbocycles. The van der Waals surface area contributed by atoms with Gasteiger partial charge in [0.15, 0.2) is 5.82 Å². The maximum Gasteiger partial charge on any atom is 0.312 e. The topological polar surface area (TPSA) is 122 Å². The van der Waals surface area contributed by atoms with Crippen molar-refractivity contribution in [3.63, 3.8) is 0 Å². The molecule has 4 aromatic rings. The number of nitriles is 1. The number of aromatic amines is 1. The summed E-state index contributed by atoms with van der Waals surface area (Å²) in [6.07, 6.45) is 1.39. The number of ether oxygens (including phenoxy) is 1. The number of rotatable bonds is 5. The van der Waals surface area contributed by atoms with Crippen LogP contribution in [0, 0.1) is 41.1 Å². The van der Waals surface area contributed by atoms with E-state index in [0.29, 0.717) is 15.8 Å². The number of allylic oxidation sites excluding steroid dienone is 1. The van der Waals surface area contributed by atoms with E-state index in [4.69, 9.17) is 4.74 Å². The Morgan fingerprint density at radius 1 is 1.27 bits per heavy atom. The lowest BCUT2D eigenvalue weighted by molar-refractivity contribution is -0.385. The summed E-state index contributed by atoms with van der Waals surface area (Å²) in [6.45, 7) is 3.72. The maximum absolute atomic E-state index is 13.1. The lowest BCUT2D eigenvalue weighted by Crippen LogP contribution is -2.10. The number of hydrogen-bond donors (Lipinski definition) is 1. The van der Waals surface area contributed by atoms with E-state index in [9.17, 15) is 24.6 Å². The zero-order valence-electron chi connectivity index (χ0n) is 17.4. The highest BCUT2D eigenvalue weighted by molar-refractivity contribution is 7.18. The molecule has 4 rings (SSSR count). The van der Waals surface area contributed by atoms with E-state index in [-0.39, 0.29) is 34.1 Å². The van der Waals surface area contributed by atoms with Gasteiger partial charge in [-0.3, -0.25) is 14.9 Å². The predicted octanol–water partition coefficient (Wildman–Crippen LogP) is 5.51. The molecule has 164 valence electrons. The molecular formula is C23H15FN4O4S. The fraction of sp³-hybridized carbons (Fsp3) is 0.0870. The van der Waals surface area contributed by atoms with Crippen LogP contribution in [0.4, 0.5) is 10.1 Å². The first-order valence-electron chi connectivity index (χ1n) is 9.61. The average molecular weight is 462 g/mol. The van der Waals surface area contributed by atoms with Gasteiger partial charge in [-0.1, -0.05) is 6.07 Å². The van der Waals surface area contributed by atoms with Crippen LogP contribution < -0.4 is 10.3 Å². The Balaban J connectivity index is 1.74. The van der Waals surface area contributed by atoms with Gasteiger partial charge >= 0.3 is 5.69 Å². The highest BCUT2D eigenvalue weighted by Crippen LogP contribution is 2.33. The number of benzene rings is 2. The minimum Gasteiger partial charge on any atom is -0.450 e. The Hall–Kier alpha value is -4.36. The fourth-order valence-corrected chi connectivity index (χ4v) is 4.22. The Kier molecular flexibility index (Phi) is 5.72. The van der Waals surface area contributed by atoms with Crippen LogP contribution in [0.3, 0.4) is 0 Å². The number of nitro groups is 1. The molecule has 2 aromatic carbocycles. The summed E-state index contributed by atoms with van der Waals surface area (Å²) in [7, 11) is 0. The summed E-state index contributed by atoms with van der Waals surface area (Å²) >= 11 is 1.35. The maximum atomic E-state index is 13.1. The van der Waals surface area contributed by atoms with E-state index in [2.05, 4.69) is 9.97 Å². The molecule has 0 radical (unpaired) electrons. The van der Waals surface area contributed by atoms with Crippen molar-refractivity contribution in [3.05, 3.63) is 90.6 Å². The molecule has 0 bridgehead atoms. The molecule has 0 fully saturated rings. The van der Waals surface area contributed by atoms with Crippen molar-refractivity contribution in [2.45, 2.75) is 13.8 Å². The number of aryl methyl sites for hydroxylation is 2. The van der Waals surface area contributed by atoms with Crippen LogP contribution in [-0.2, 0) is 0 Å². The summed E-state index contributed by atoms with van der Waals surface area (Å²) in [4.78, 5) is 32.0. The summed E-state index contributed by atoms with van der Waals surface area (Å²) in [5.74, 6) is -0.193. The van der Waals surface area contributed by atoms with Crippen molar-refractivity contribution in [1.29, 1.82) is 5.26 Å². The molecule has 0 aliphatic carbocycles. The molecule has 10 heteroatoms. The summed E-state index contributed by atoms with van der Waals surface area (Å²) in [5.41, 5.74) is 0.522. The van der Waals surface area contributed by atoms with E-state index >= 15 is 0 Å². The highest BCUT2D eigenvalue weighted by Gasteiger charge is 2.18. The number of nitrogens with zero attached hydrogens (tertiary/aromatic N) is 3.